The van der Waals surface area contributed by atoms with Gasteiger partial charge in [-0.05, 0) is 116 Å². The zero-order valence-electron chi connectivity index (χ0n) is 63.8. The summed E-state index contributed by atoms with van der Waals surface area (Å²) in [6, 6.07) is -0.957. The average molecular weight is 1430 g/mol. The molecule has 102 heavy (non-hydrogen) atoms. The van der Waals surface area contributed by atoms with E-state index in [-0.39, 0.29) is 18.9 Å². The van der Waals surface area contributed by atoms with Crippen LogP contribution >= 0.6 is 0 Å². The highest BCUT2D eigenvalue weighted by Gasteiger charge is 2.51. The Morgan fingerprint density at radius 1 is 0.363 bits per heavy atom. The molecule has 0 aromatic carbocycles. The highest BCUT2D eigenvalue weighted by Crippen LogP contribution is 2.30. The number of rotatable bonds is 66. The lowest BCUT2D eigenvalue weighted by Crippen LogP contribution is -2.65. The first kappa shape index (κ1) is 93.7. The Morgan fingerprint density at radius 3 is 1.08 bits per heavy atom. The van der Waals surface area contributed by atoms with E-state index in [4.69, 9.17) is 18.9 Å². The van der Waals surface area contributed by atoms with Crippen LogP contribution < -0.4 is 5.32 Å². The van der Waals surface area contributed by atoms with Gasteiger partial charge in [-0.15, -0.1) is 0 Å². The van der Waals surface area contributed by atoms with Crippen LogP contribution in [0.2, 0.25) is 0 Å². The van der Waals surface area contributed by atoms with Crippen LogP contribution in [-0.2, 0) is 23.7 Å². The largest absolute Gasteiger partial charge is 0.394 e. The molecule has 2 saturated heterocycles. The molecule has 14 nitrogen and oxygen atoms in total. The predicted octanol–water partition coefficient (Wildman–Crippen LogP) is 18.9. The fraction of sp³-hybridized carbons (Fsp3) is 0.693. The fourth-order valence-corrected chi connectivity index (χ4v) is 12.3. The third-order valence-electron chi connectivity index (χ3n) is 18.7. The summed E-state index contributed by atoms with van der Waals surface area (Å²) in [5.74, 6) is -0.272. The van der Waals surface area contributed by atoms with Gasteiger partial charge >= 0.3 is 0 Å². The van der Waals surface area contributed by atoms with E-state index in [0.29, 0.717) is 12.8 Å². The first-order chi connectivity index (χ1) is 50.1. The van der Waals surface area contributed by atoms with Crippen LogP contribution in [0.15, 0.2) is 158 Å². The fourth-order valence-electron chi connectivity index (χ4n) is 12.3. The molecule has 0 saturated carbocycles. The van der Waals surface area contributed by atoms with Gasteiger partial charge in [0.2, 0.25) is 5.91 Å². The first-order valence-electron chi connectivity index (χ1n) is 40.7. The monoisotopic (exact) mass is 1430 g/mol. The van der Waals surface area contributed by atoms with Crippen molar-refractivity contribution in [1.29, 1.82) is 0 Å². The number of ether oxygens (including phenoxy) is 4. The van der Waals surface area contributed by atoms with Gasteiger partial charge in [0.15, 0.2) is 12.6 Å². The van der Waals surface area contributed by atoms with E-state index in [2.05, 4.69) is 165 Å². The molecule has 1 amide bonds. The third kappa shape index (κ3) is 51.7. The molecule has 0 aromatic heterocycles. The average Bonchev–Trinajstić information content (AvgIpc) is 0.790. The molecule has 0 radical (unpaired) electrons. The Hall–Kier alpha value is -4.39. The zero-order valence-corrected chi connectivity index (χ0v) is 63.8. The number of nitrogens with one attached hydrogen (secondary N) is 1. The van der Waals surface area contributed by atoms with Gasteiger partial charge in [-0.2, -0.15) is 0 Å². The molecule has 2 aliphatic heterocycles. The second-order valence-electron chi connectivity index (χ2n) is 27.8. The van der Waals surface area contributed by atoms with Crippen LogP contribution in [0.25, 0.3) is 0 Å². The maximum Gasteiger partial charge on any atom is 0.220 e. The van der Waals surface area contributed by atoms with Crippen LogP contribution in [0.3, 0.4) is 0 Å². The van der Waals surface area contributed by atoms with Crippen molar-refractivity contribution in [2.75, 3.05) is 19.8 Å². The minimum absolute atomic E-state index is 0.241. The molecule has 9 N–H and O–H groups in total. The van der Waals surface area contributed by atoms with Crippen molar-refractivity contribution in [2.45, 2.75) is 370 Å². The second-order valence-corrected chi connectivity index (χ2v) is 27.8. The Labute approximate surface area is 620 Å². The molecule has 12 atom stereocenters. The number of unbranched alkanes of at least 4 members (excludes halogenated alkanes) is 29. The van der Waals surface area contributed by atoms with Crippen LogP contribution in [0, 0.1) is 0 Å². The Bertz CT molecular complexity index is 2330. The topological polar surface area (TPSA) is 228 Å². The van der Waals surface area contributed by atoms with Crippen molar-refractivity contribution < 1.29 is 64.6 Å². The van der Waals surface area contributed by atoms with E-state index in [1.807, 2.05) is 6.08 Å². The number of amides is 1. The van der Waals surface area contributed by atoms with E-state index >= 15 is 0 Å². The summed E-state index contributed by atoms with van der Waals surface area (Å²) in [7, 11) is 0. The van der Waals surface area contributed by atoms with E-state index in [0.717, 1.165) is 116 Å². The van der Waals surface area contributed by atoms with Gasteiger partial charge in [0, 0.05) is 6.42 Å². The van der Waals surface area contributed by atoms with Crippen LogP contribution in [-0.4, -0.2) is 140 Å². The molecule has 582 valence electrons. The number of allylic oxidation sites excluding steroid dienone is 25. The maximum absolute atomic E-state index is 13.4. The quantitative estimate of drug-likeness (QED) is 0.0204. The SMILES string of the molecule is CC/C=C\C/C=C\C/C=C\C/C=C\C/C=C\C/C=C\C/C=C\C/C=C\C/C=C\C/C=C\C/C=C\CCCCCCCC(=O)NC(COC1OC(CO)C(OC2OC(CO)C(O)C(O)C2O)C(O)C1O)C(O)/C=C/CC/C=C/CCCCCCCCCCCCCCCCCCCCCCCCC. The van der Waals surface area contributed by atoms with Crippen molar-refractivity contribution >= 4 is 5.91 Å². The van der Waals surface area contributed by atoms with E-state index in [1.54, 1.807) is 6.08 Å². The number of carbonyl (C=O) groups is 1. The van der Waals surface area contributed by atoms with Crippen molar-refractivity contribution in [3.05, 3.63) is 158 Å². The van der Waals surface area contributed by atoms with Gasteiger partial charge in [-0.3, -0.25) is 4.79 Å². The second kappa shape index (κ2) is 69.6. The summed E-state index contributed by atoms with van der Waals surface area (Å²) in [5, 5.41) is 87.7. The molecule has 0 spiro atoms. The zero-order chi connectivity index (χ0) is 73.7. The van der Waals surface area contributed by atoms with Crippen molar-refractivity contribution in [3.8, 4) is 0 Å². The normalized spacial score (nSPS) is 22.5. The summed E-state index contributed by atoms with van der Waals surface area (Å²) in [6.45, 7) is 2.67. The molecule has 2 rings (SSSR count). The van der Waals surface area contributed by atoms with Crippen LogP contribution in [0.1, 0.15) is 296 Å². The number of aliphatic hydroxyl groups is 8. The Morgan fingerprint density at radius 2 is 0.686 bits per heavy atom. The van der Waals surface area contributed by atoms with Gasteiger partial charge < -0.3 is 65.1 Å². The highest BCUT2D eigenvalue weighted by atomic mass is 16.7. The standard InChI is InChI=1S/C88H147NO13/c1-3-5-7-9-11-13-15-17-19-21-23-25-27-29-31-33-34-35-36-37-38-39-40-41-42-44-46-48-50-52-54-56-58-60-62-64-66-68-70-72-80(93)89-76(75-99-87-85(98)83(96)86(79(74-91)101-87)102-88-84(97)82(95)81(94)78(73-90)100-88)77(92)71-69-67-65-63-61-59-57-55-53-51-49-47-45-43-32-30-28-26-24-22-20-18-16-14-12-10-8-6-4-2/h5,7,11,13,17,19,23,25,29,31,34-35,37-38,40-41,44,46,50,52,56,58,61,63,69,71,76-79,81-88,90-92,94-98H,3-4,6,8-10,12,14-16,18,20-22,24,26-28,30,32-33,36,39,42-43,45,47-49,51,53-55,57,59-60,62,64-68,70,72-75H2,1-2H3,(H,89,93)/b7-5-,13-11-,19-17-,25-23-,31-29-,35-34-,38-37-,41-40-,46-44-,52-50-,58-56-,63-61+,71-69+. The molecule has 0 bridgehead atoms. The van der Waals surface area contributed by atoms with E-state index < -0.39 is 86.8 Å². The lowest BCUT2D eigenvalue weighted by molar-refractivity contribution is -0.359. The minimum atomic E-state index is -1.80. The number of hydrogen-bond acceptors (Lipinski definition) is 13. The van der Waals surface area contributed by atoms with Gasteiger partial charge in [0.25, 0.3) is 0 Å². The molecule has 2 fully saturated rings. The molecule has 14 heteroatoms. The molecule has 12 unspecified atom stereocenters. The molecule has 2 heterocycles. The predicted molar refractivity (Wildman–Crippen MR) is 424 cm³/mol. The van der Waals surface area contributed by atoms with Crippen molar-refractivity contribution in [1.82, 2.24) is 5.32 Å². The smallest absolute Gasteiger partial charge is 0.220 e. The van der Waals surface area contributed by atoms with E-state index in [1.165, 1.54) is 148 Å². The first-order valence-corrected chi connectivity index (χ1v) is 40.7. The number of aliphatic hydroxyl groups excluding tert-OH is 8. The summed E-state index contributed by atoms with van der Waals surface area (Å²) in [6.07, 6.45) is 90.3. The lowest BCUT2D eigenvalue weighted by atomic mass is 9.97. The molecule has 2 aliphatic rings. The summed E-state index contributed by atoms with van der Waals surface area (Å²) < 4.78 is 22.9. The lowest BCUT2D eigenvalue weighted by Gasteiger charge is -2.46. The molecular formula is C88H147NO13. The molecular weight excluding hydrogens is 1280 g/mol. The van der Waals surface area contributed by atoms with Crippen molar-refractivity contribution in [2.24, 2.45) is 0 Å². The minimum Gasteiger partial charge on any atom is -0.394 e. The van der Waals surface area contributed by atoms with Crippen molar-refractivity contribution in [3.63, 3.8) is 0 Å². The summed E-state index contributed by atoms with van der Waals surface area (Å²) in [5.41, 5.74) is 0. The number of hydrogen-bond donors (Lipinski definition) is 9. The Kier molecular flexibility index (Phi) is 64.0. The summed E-state index contributed by atoms with van der Waals surface area (Å²) >= 11 is 0. The van der Waals surface area contributed by atoms with Gasteiger partial charge in [0.1, 0.15) is 48.8 Å². The maximum atomic E-state index is 13.4. The third-order valence-corrected chi connectivity index (χ3v) is 18.7. The molecule has 0 aromatic rings. The van der Waals surface area contributed by atoms with Gasteiger partial charge in [-0.1, -0.05) is 332 Å². The summed E-state index contributed by atoms with van der Waals surface area (Å²) in [4.78, 5) is 13.4. The van der Waals surface area contributed by atoms with Crippen LogP contribution in [0.4, 0.5) is 0 Å². The van der Waals surface area contributed by atoms with Gasteiger partial charge in [-0.25, -0.2) is 0 Å². The van der Waals surface area contributed by atoms with Gasteiger partial charge in [0.05, 0.1) is 32.0 Å². The van der Waals surface area contributed by atoms with Crippen LogP contribution in [0.5, 0.6) is 0 Å². The molecule has 0 aliphatic carbocycles. The van der Waals surface area contributed by atoms with E-state index in [9.17, 15) is 45.6 Å². The Balaban J connectivity index is 1.66. The highest BCUT2D eigenvalue weighted by molar-refractivity contribution is 5.76. The number of carbonyl (C=O) groups excluding carboxylic acids is 1.